The number of nitrogens with one attached hydrogen (secondary N) is 1. The molecule has 2 atom stereocenters. The molecule has 0 saturated carbocycles. The van der Waals surface area contributed by atoms with Crippen LogP contribution in [0.4, 0.5) is 0 Å². The van der Waals surface area contributed by atoms with Crippen LogP contribution in [-0.4, -0.2) is 71.5 Å². The summed E-state index contributed by atoms with van der Waals surface area (Å²) >= 11 is 0. The Morgan fingerprint density at radius 1 is 1.02 bits per heavy atom. The summed E-state index contributed by atoms with van der Waals surface area (Å²) in [6, 6.07) is 14.9. The topological polar surface area (TPSA) is 114 Å². The molecule has 5 rings (SSSR count). The van der Waals surface area contributed by atoms with Crippen molar-refractivity contribution in [3.05, 3.63) is 76.7 Å². The van der Waals surface area contributed by atoms with E-state index in [1.165, 1.54) is 4.90 Å². The minimum atomic E-state index is -0.465. The Balaban J connectivity index is 1.38. The van der Waals surface area contributed by atoms with E-state index in [-0.39, 0.29) is 43.3 Å². The Morgan fingerprint density at radius 3 is 2.48 bits per heavy atom. The number of nitrogens with zero attached hydrogens (tertiary/aromatic N) is 3. The van der Waals surface area contributed by atoms with Crippen molar-refractivity contribution in [1.82, 2.24) is 20.3 Å². The maximum Gasteiger partial charge on any atom is 0.259 e. The molecule has 1 saturated heterocycles. The molecule has 2 aliphatic rings. The molecule has 0 radical (unpaired) electrons. The standard InChI is InChI=1S/C30H34N4O6/c1-19-29(20(2)40-32-19)30(37)34-13-12-26-25(16-34)31-27(35)17-33(3)28(36)11-10-21-6-4-8-23(14-21)39-24-9-5-7-22(15-24)18-38-26/h4-9,14-15,25-26H,10-13,16-18H2,1-3H3,(H,31,35)/t25-,26+/m0/s1. The number of rotatable bonds is 1. The van der Waals surface area contributed by atoms with Gasteiger partial charge in [0, 0.05) is 26.6 Å². The number of carbonyl (C=O) groups is 3. The summed E-state index contributed by atoms with van der Waals surface area (Å²) in [6.07, 6.45) is 0.980. The number of piperidine rings is 1. The first-order chi connectivity index (χ1) is 19.3. The molecule has 1 aromatic heterocycles. The number of benzene rings is 2. The number of hydrogen-bond donors (Lipinski definition) is 1. The minimum Gasteiger partial charge on any atom is -0.457 e. The van der Waals surface area contributed by atoms with Gasteiger partial charge < -0.3 is 29.1 Å². The van der Waals surface area contributed by atoms with E-state index in [4.69, 9.17) is 14.0 Å². The Kier molecular flexibility index (Phi) is 8.16. The normalized spacial score (nSPS) is 20.6. The van der Waals surface area contributed by atoms with Crippen molar-refractivity contribution < 1.29 is 28.4 Å². The predicted octanol–water partition coefficient (Wildman–Crippen LogP) is 3.40. The zero-order valence-electron chi connectivity index (χ0n) is 23.0. The Morgan fingerprint density at radius 2 is 1.75 bits per heavy atom. The van der Waals surface area contributed by atoms with Crippen LogP contribution in [0.2, 0.25) is 0 Å². The van der Waals surface area contributed by atoms with Crippen LogP contribution in [0.3, 0.4) is 0 Å². The van der Waals surface area contributed by atoms with Gasteiger partial charge in [0.15, 0.2) is 0 Å². The van der Waals surface area contributed by atoms with Crippen molar-refractivity contribution in [3.8, 4) is 11.5 Å². The summed E-state index contributed by atoms with van der Waals surface area (Å²) in [6.45, 7) is 4.38. The zero-order valence-corrected chi connectivity index (χ0v) is 23.0. The first kappa shape index (κ1) is 27.4. The van der Waals surface area contributed by atoms with Crippen LogP contribution in [0.15, 0.2) is 53.1 Å². The van der Waals surface area contributed by atoms with E-state index in [0.717, 1.165) is 11.1 Å². The number of likely N-dealkylation sites (N-methyl/N-ethyl adjacent to an activating group) is 1. The average molecular weight is 547 g/mol. The molecule has 0 aliphatic carbocycles. The van der Waals surface area contributed by atoms with Crippen molar-refractivity contribution in [1.29, 1.82) is 0 Å². The van der Waals surface area contributed by atoms with Gasteiger partial charge in [-0.2, -0.15) is 0 Å². The Labute approximate surface area is 233 Å². The van der Waals surface area contributed by atoms with Crippen LogP contribution in [0.5, 0.6) is 11.5 Å². The van der Waals surface area contributed by atoms with E-state index < -0.39 is 6.04 Å². The van der Waals surface area contributed by atoms with Gasteiger partial charge in [-0.25, -0.2) is 0 Å². The highest BCUT2D eigenvalue weighted by atomic mass is 16.5. The van der Waals surface area contributed by atoms with Crippen molar-refractivity contribution >= 4 is 17.7 Å². The lowest BCUT2D eigenvalue weighted by atomic mass is 10.00. The third kappa shape index (κ3) is 6.34. The maximum atomic E-state index is 13.3. The average Bonchev–Trinajstić information content (AvgIpc) is 3.27. The fourth-order valence-corrected chi connectivity index (χ4v) is 5.20. The number of carbonyl (C=O) groups excluding carboxylic acids is 3. The second kappa shape index (κ2) is 11.9. The lowest BCUT2D eigenvalue weighted by molar-refractivity contribution is -0.135. The number of hydrogen-bond acceptors (Lipinski definition) is 7. The van der Waals surface area contributed by atoms with Gasteiger partial charge in [-0.1, -0.05) is 29.4 Å². The Hall–Kier alpha value is -4.18. The highest BCUT2D eigenvalue weighted by molar-refractivity contribution is 5.96. The van der Waals surface area contributed by atoms with Gasteiger partial charge in [0.2, 0.25) is 11.8 Å². The van der Waals surface area contributed by atoms with E-state index in [1.54, 1.807) is 25.8 Å². The maximum absolute atomic E-state index is 13.3. The van der Waals surface area contributed by atoms with Gasteiger partial charge in [-0.05, 0) is 62.1 Å². The van der Waals surface area contributed by atoms with Crippen molar-refractivity contribution in [2.75, 3.05) is 26.7 Å². The fraction of sp³-hybridized carbons (Fsp3) is 0.400. The predicted molar refractivity (Wildman–Crippen MR) is 146 cm³/mol. The largest absolute Gasteiger partial charge is 0.457 e. The summed E-state index contributed by atoms with van der Waals surface area (Å²) in [5, 5.41) is 6.94. The molecule has 1 fully saturated rings. The van der Waals surface area contributed by atoms with Gasteiger partial charge in [-0.15, -0.1) is 0 Å². The number of aryl methyl sites for hydroxylation is 3. The van der Waals surface area contributed by atoms with Crippen LogP contribution in [-0.2, 0) is 27.4 Å². The molecule has 2 aliphatic heterocycles. The molecule has 1 N–H and O–H groups in total. The van der Waals surface area contributed by atoms with E-state index in [9.17, 15) is 14.4 Å². The molecule has 3 heterocycles. The van der Waals surface area contributed by atoms with Gasteiger partial charge in [0.05, 0.1) is 31.0 Å². The quantitative estimate of drug-likeness (QED) is 0.498. The van der Waals surface area contributed by atoms with E-state index in [0.29, 0.717) is 54.5 Å². The summed E-state index contributed by atoms with van der Waals surface area (Å²) in [4.78, 5) is 42.3. The molecule has 3 amide bonds. The van der Waals surface area contributed by atoms with Gasteiger partial charge in [0.1, 0.15) is 22.8 Å². The lowest BCUT2D eigenvalue weighted by Crippen LogP contribution is -2.58. The zero-order chi connectivity index (χ0) is 28.2. The van der Waals surface area contributed by atoms with Crippen LogP contribution in [0, 0.1) is 13.8 Å². The monoisotopic (exact) mass is 546 g/mol. The van der Waals surface area contributed by atoms with Gasteiger partial charge >= 0.3 is 0 Å². The van der Waals surface area contributed by atoms with Crippen LogP contribution < -0.4 is 10.1 Å². The van der Waals surface area contributed by atoms with Gasteiger partial charge in [-0.3, -0.25) is 14.4 Å². The molecule has 4 bridgehead atoms. The van der Waals surface area contributed by atoms with Gasteiger partial charge in [0.25, 0.3) is 5.91 Å². The second-order valence-electron chi connectivity index (χ2n) is 10.4. The SMILES string of the molecule is Cc1noc(C)c1C(=O)N1CC[C@H]2OCc3cccc(c3)Oc3cccc(c3)CCC(=O)N(C)CC(=O)N[C@H]2C1. The fourth-order valence-electron chi connectivity index (χ4n) is 5.20. The molecular formula is C30H34N4O6. The van der Waals surface area contributed by atoms with Crippen LogP contribution >= 0.6 is 0 Å². The van der Waals surface area contributed by atoms with Crippen LogP contribution in [0.1, 0.15) is 45.8 Å². The number of likely N-dealkylation sites (tertiary alicyclic amines) is 1. The molecular weight excluding hydrogens is 512 g/mol. The smallest absolute Gasteiger partial charge is 0.259 e. The van der Waals surface area contributed by atoms with Crippen molar-refractivity contribution in [2.45, 2.75) is 51.9 Å². The molecule has 10 nitrogen and oxygen atoms in total. The summed E-state index contributed by atoms with van der Waals surface area (Å²) < 4.78 is 17.6. The number of fused-ring (bicyclic) bond motifs is 5. The van der Waals surface area contributed by atoms with E-state index in [2.05, 4.69) is 10.5 Å². The van der Waals surface area contributed by atoms with Crippen LogP contribution in [0.25, 0.3) is 0 Å². The van der Waals surface area contributed by atoms with Crippen molar-refractivity contribution in [2.24, 2.45) is 0 Å². The third-order valence-electron chi connectivity index (χ3n) is 7.36. The molecule has 0 spiro atoms. The van der Waals surface area contributed by atoms with E-state index >= 15 is 0 Å². The Bertz CT molecular complexity index is 1380. The first-order valence-electron chi connectivity index (χ1n) is 13.5. The second-order valence-corrected chi connectivity index (χ2v) is 10.4. The molecule has 10 heteroatoms. The third-order valence-corrected chi connectivity index (χ3v) is 7.36. The first-order valence-corrected chi connectivity index (χ1v) is 13.5. The number of ether oxygens (including phenoxy) is 2. The molecule has 0 unspecified atom stereocenters. The molecule has 210 valence electrons. The molecule has 40 heavy (non-hydrogen) atoms. The number of amides is 3. The highest BCUT2D eigenvalue weighted by Crippen LogP contribution is 2.26. The van der Waals surface area contributed by atoms with Crippen molar-refractivity contribution in [3.63, 3.8) is 0 Å². The summed E-state index contributed by atoms with van der Waals surface area (Å²) in [5.41, 5.74) is 2.87. The summed E-state index contributed by atoms with van der Waals surface area (Å²) in [5.74, 6) is 1.19. The van der Waals surface area contributed by atoms with E-state index in [1.807, 2.05) is 48.5 Å². The summed E-state index contributed by atoms with van der Waals surface area (Å²) in [7, 11) is 1.62. The lowest BCUT2D eigenvalue weighted by Gasteiger charge is -2.39. The molecule has 2 aromatic carbocycles. The number of aromatic nitrogens is 1. The minimum absolute atomic E-state index is 0.0922. The highest BCUT2D eigenvalue weighted by Gasteiger charge is 2.35. The molecule has 3 aromatic rings.